The fourth-order valence-corrected chi connectivity index (χ4v) is 1.98. The van der Waals surface area contributed by atoms with E-state index in [2.05, 4.69) is 10.2 Å². The maximum atomic E-state index is 13.7. The molecule has 0 radical (unpaired) electrons. The molecule has 10 heteroatoms. The Kier molecular flexibility index (Phi) is 5.99. The van der Waals surface area contributed by atoms with Crippen LogP contribution in [0.3, 0.4) is 0 Å². The highest BCUT2D eigenvalue weighted by Gasteiger charge is 2.21. The summed E-state index contributed by atoms with van der Waals surface area (Å²) in [7, 11) is 1.37. The van der Waals surface area contributed by atoms with Gasteiger partial charge in [0.15, 0.2) is 17.4 Å². The minimum atomic E-state index is -1.63. The molecule has 0 aliphatic carbocycles. The van der Waals surface area contributed by atoms with Crippen LogP contribution in [0.15, 0.2) is 34.5 Å². The lowest BCUT2D eigenvalue weighted by Crippen LogP contribution is -2.21. The van der Waals surface area contributed by atoms with Gasteiger partial charge in [0.25, 0.3) is 0 Å². The van der Waals surface area contributed by atoms with Gasteiger partial charge in [-0.25, -0.2) is 8.78 Å². The van der Waals surface area contributed by atoms with E-state index in [1.54, 1.807) is 6.07 Å². The monoisotopic (exact) mass is 370 g/mol. The number of benzene rings is 2. The van der Waals surface area contributed by atoms with Crippen LogP contribution in [0.4, 0.5) is 17.6 Å². The molecular weight excluding hydrogens is 356 g/mol. The van der Waals surface area contributed by atoms with Crippen molar-refractivity contribution < 1.29 is 27.0 Å². The summed E-state index contributed by atoms with van der Waals surface area (Å²) in [5.74, 6) is -7.47. The summed E-state index contributed by atoms with van der Waals surface area (Å²) < 4.78 is 63.8. The van der Waals surface area contributed by atoms with Crippen LogP contribution < -0.4 is 20.9 Å². The molecule has 0 spiro atoms. The van der Waals surface area contributed by atoms with Crippen LogP contribution in [0.5, 0.6) is 11.5 Å². The topological polar surface area (TPSA) is 95.2 Å². The van der Waals surface area contributed by atoms with Crippen LogP contribution in [0.25, 0.3) is 0 Å². The number of methoxy groups -OCH3 is 1. The first-order chi connectivity index (χ1) is 12.3. The number of ether oxygens (including phenoxy) is 2. The van der Waals surface area contributed by atoms with Gasteiger partial charge in [0, 0.05) is 11.6 Å². The van der Waals surface area contributed by atoms with E-state index in [4.69, 9.17) is 20.9 Å². The van der Waals surface area contributed by atoms with Crippen LogP contribution in [0.1, 0.15) is 11.1 Å². The van der Waals surface area contributed by atoms with Crippen molar-refractivity contribution in [2.45, 2.75) is 6.61 Å². The second-order valence-corrected chi connectivity index (χ2v) is 4.93. The maximum absolute atomic E-state index is 13.7. The van der Waals surface area contributed by atoms with E-state index in [1.165, 1.54) is 25.5 Å². The molecule has 2 aromatic carbocycles. The van der Waals surface area contributed by atoms with Gasteiger partial charge < -0.3 is 20.9 Å². The largest absolute Gasteiger partial charge is 0.496 e. The van der Waals surface area contributed by atoms with Gasteiger partial charge in [-0.15, -0.1) is 5.10 Å². The SMILES string of the molecule is COc1ccc(C=NN=C(N)N)cc1COc1c(F)c(F)cc(F)c1F. The predicted octanol–water partition coefficient (Wildman–Crippen LogP) is 2.44. The van der Waals surface area contributed by atoms with Crippen LogP contribution in [0.2, 0.25) is 0 Å². The van der Waals surface area contributed by atoms with Gasteiger partial charge in [0.1, 0.15) is 12.4 Å². The highest BCUT2D eigenvalue weighted by molar-refractivity contribution is 5.82. The fraction of sp³-hybridized carbons (Fsp3) is 0.125. The van der Waals surface area contributed by atoms with Crippen LogP contribution in [0, 0.1) is 23.3 Å². The molecule has 0 atom stereocenters. The Morgan fingerprint density at radius 3 is 2.31 bits per heavy atom. The molecule has 0 heterocycles. The first-order valence-electron chi connectivity index (χ1n) is 7.08. The third-order valence-corrected chi connectivity index (χ3v) is 3.13. The third kappa shape index (κ3) is 4.41. The van der Waals surface area contributed by atoms with E-state index in [-0.39, 0.29) is 12.0 Å². The van der Waals surface area contributed by atoms with Crippen molar-refractivity contribution in [2.24, 2.45) is 21.7 Å². The number of nitrogens with two attached hydrogens (primary N) is 2. The second kappa shape index (κ2) is 8.19. The molecule has 2 aromatic rings. The van der Waals surface area contributed by atoms with Crippen LogP contribution in [-0.2, 0) is 6.61 Å². The summed E-state index contributed by atoms with van der Waals surface area (Å²) in [6, 6.07) is 4.75. The van der Waals surface area contributed by atoms with E-state index in [9.17, 15) is 17.6 Å². The van der Waals surface area contributed by atoms with Crippen molar-refractivity contribution in [3.8, 4) is 11.5 Å². The van der Waals surface area contributed by atoms with Gasteiger partial charge in [-0.1, -0.05) is 0 Å². The Bertz CT molecular complexity index is 842. The maximum Gasteiger partial charge on any atom is 0.211 e. The molecule has 6 nitrogen and oxygen atoms in total. The van der Waals surface area contributed by atoms with Gasteiger partial charge in [0.2, 0.25) is 17.6 Å². The normalized spacial score (nSPS) is 10.8. The van der Waals surface area contributed by atoms with Gasteiger partial charge in [-0.05, 0) is 23.8 Å². The van der Waals surface area contributed by atoms with Crippen molar-refractivity contribution in [1.82, 2.24) is 0 Å². The minimum absolute atomic E-state index is 0.0961. The molecule has 0 aromatic heterocycles. The summed E-state index contributed by atoms with van der Waals surface area (Å²) in [5.41, 5.74) is 11.1. The van der Waals surface area contributed by atoms with Crippen molar-refractivity contribution >= 4 is 12.2 Å². The standard InChI is InChI=1S/C16H14F4N4O2/c1-25-12-3-2-8(6-23-24-16(21)22)4-9(12)7-26-15-13(19)10(17)5-11(18)14(15)20/h2-6H,7H2,1H3,(H4,21,22,24). The zero-order valence-electron chi connectivity index (χ0n) is 13.5. The van der Waals surface area contributed by atoms with E-state index < -0.39 is 35.6 Å². The number of halogens is 4. The Morgan fingerprint density at radius 2 is 1.73 bits per heavy atom. The van der Waals surface area contributed by atoms with Crippen molar-refractivity contribution in [1.29, 1.82) is 0 Å². The summed E-state index contributed by atoms with van der Waals surface area (Å²) in [5, 5.41) is 7.04. The number of guanidine groups is 1. The number of nitrogens with zero attached hydrogens (tertiary/aromatic N) is 2. The van der Waals surface area contributed by atoms with Gasteiger partial charge in [-0.3, -0.25) is 0 Å². The molecule has 0 bridgehead atoms. The minimum Gasteiger partial charge on any atom is -0.496 e. The van der Waals surface area contributed by atoms with Crippen molar-refractivity contribution in [3.63, 3.8) is 0 Å². The average Bonchev–Trinajstić information content (AvgIpc) is 2.60. The molecule has 0 aliphatic rings. The zero-order valence-corrected chi connectivity index (χ0v) is 13.5. The summed E-state index contributed by atoms with van der Waals surface area (Å²) >= 11 is 0. The molecule has 0 saturated carbocycles. The third-order valence-electron chi connectivity index (χ3n) is 3.13. The van der Waals surface area contributed by atoms with E-state index >= 15 is 0 Å². The lowest BCUT2D eigenvalue weighted by Gasteiger charge is -2.12. The number of rotatable bonds is 6. The molecule has 4 N–H and O–H groups in total. The first-order valence-corrected chi connectivity index (χ1v) is 7.08. The Balaban J connectivity index is 2.29. The Morgan fingerprint density at radius 1 is 1.08 bits per heavy atom. The van der Waals surface area contributed by atoms with Gasteiger partial charge >= 0.3 is 0 Å². The molecule has 0 amide bonds. The molecule has 0 fully saturated rings. The summed E-state index contributed by atoms with van der Waals surface area (Å²) in [6.45, 7) is -0.427. The van der Waals surface area contributed by atoms with Gasteiger partial charge in [0.05, 0.1) is 13.3 Å². The summed E-state index contributed by atoms with van der Waals surface area (Å²) in [6.07, 6.45) is 1.31. The molecule has 2 rings (SSSR count). The van der Waals surface area contributed by atoms with Crippen molar-refractivity contribution in [2.75, 3.05) is 7.11 Å². The lowest BCUT2D eigenvalue weighted by molar-refractivity contribution is 0.256. The van der Waals surface area contributed by atoms with Gasteiger partial charge in [-0.2, -0.15) is 13.9 Å². The molecule has 26 heavy (non-hydrogen) atoms. The quantitative estimate of drug-likeness (QED) is 0.268. The van der Waals surface area contributed by atoms with Crippen LogP contribution >= 0.6 is 0 Å². The van der Waals surface area contributed by atoms with E-state index in [0.29, 0.717) is 16.9 Å². The molecule has 138 valence electrons. The van der Waals surface area contributed by atoms with E-state index in [0.717, 1.165) is 0 Å². The smallest absolute Gasteiger partial charge is 0.211 e. The molecular formula is C16H14F4N4O2. The van der Waals surface area contributed by atoms with Crippen LogP contribution in [-0.4, -0.2) is 19.3 Å². The average molecular weight is 370 g/mol. The predicted molar refractivity (Wildman–Crippen MR) is 87.0 cm³/mol. The fourth-order valence-electron chi connectivity index (χ4n) is 1.98. The Hall–Kier alpha value is -3.30. The highest BCUT2D eigenvalue weighted by Crippen LogP contribution is 2.28. The first kappa shape index (κ1) is 19.0. The zero-order chi connectivity index (χ0) is 19.3. The van der Waals surface area contributed by atoms with E-state index in [1.807, 2.05) is 0 Å². The summed E-state index contributed by atoms with van der Waals surface area (Å²) in [4.78, 5) is 0. The highest BCUT2D eigenvalue weighted by atomic mass is 19.2. The van der Waals surface area contributed by atoms with Crippen molar-refractivity contribution in [3.05, 3.63) is 58.7 Å². The molecule has 0 saturated heterocycles. The Labute approximate surface area is 145 Å². The molecule has 0 aliphatic heterocycles. The molecule has 0 unspecified atom stereocenters. The number of hydrogen-bond donors (Lipinski definition) is 2. The number of hydrogen-bond acceptors (Lipinski definition) is 4. The lowest BCUT2D eigenvalue weighted by atomic mass is 10.1. The second-order valence-electron chi connectivity index (χ2n) is 4.93.